The summed E-state index contributed by atoms with van der Waals surface area (Å²) >= 11 is 1.29. The van der Waals surface area contributed by atoms with Gasteiger partial charge in [0.1, 0.15) is 5.56 Å². The van der Waals surface area contributed by atoms with Crippen molar-refractivity contribution in [2.45, 2.75) is 23.4 Å². The van der Waals surface area contributed by atoms with E-state index in [4.69, 9.17) is 0 Å². The number of hydrogen-bond acceptors (Lipinski definition) is 6. The average Bonchev–Trinajstić information content (AvgIpc) is 2.93. The minimum Gasteiger partial charge on any atom is -0.465 e. The van der Waals surface area contributed by atoms with Crippen molar-refractivity contribution in [1.29, 1.82) is 0 Å². The molecule has 7 nitrogen and oxygen atoms in total. The van der Waals surface area contributed by atoms with Crippen molar-refractivity contribution in [1.82, 2.24) is 9.97 Å². The van der Waals surface area contributed by atoms with Gasteiger partial charge in [-0.2, -0.15) is 0 Å². The summed E-state index contributed by atoms with van der Waals surface area (Å²) in [6, 6.07) is 4.30. The Morgan fingerprint density at radius 1 is 1.52 bits per heavy atom. The lowest BCUT2D eigenvalue weighted by Crippen LogP contribution is -2.05. The molecule has 110 valence electrons. The van der Waals surface area contributed by atoms with Crippen LogP contribution in [-0.4, -0.2) is 28.0 Å². The summed E-state index contributed by atoms with van der Waals surface area (Å²) in [6.45, 7) is 2.00. The fraction of sp³-hybridized carbons (Fsp3) is 0.231. The number of esters is 1. The van der Waals surface area contributed by atoms with Crippen LogP contribution >= 0.6 is 11.8 Å². The number of aryl methyl sites for hydroxylation is 1. The Balaban J connectivity index is 2.32. The van der Waals surface area contributed by atoms with E-state index < -0.39 is 10.9 Å². The predicted octanol–water partition coefficient (Wildman–Crippen LogP) is 2.82. The molecule has 0 spiro atoms. The lowest BCUT2D eigenvalue weighted by Gasteiger charge is -2.04. The van der Waals surface area contributed by atoms with Crippen molar-refractivity contribution < 1.29 is 14.5 Å². The smallest absolute Gasteiger partial charge is 0.344 e. The van der Waals surface area contributed by atoms with Crippen LogP contribution in [0.2, 0.25) is 0 Å². The van der Waals surface area contributed by atoms with Gasteiger partial charge in [0.2, 0.25) is 0 Å². The third-order valence-corrected chi connectivity index (χ3v) is 3.66. The van der Waals surface area contributed by atoms with Crippen LogP contribution in [0.5, 0.6) is 0 Å². The van der Waals surface area contributed by atoms with Gasteiger partial charge in [0.15, 0.2) is 5.16 Å². The van der Waals surface area contributed by atoms with E-state index in [9.17, 15) is 14.9 Å². The number of nitrogens with zero attached hydrogens (tertiary/aromatic N) is 2. The third kappa shape index (κ3) is 3.40. The number of H-pyrrole nitrogens is 1. The number of rotatable bonds is 5. The second-order valence-corrected chi connectivity index (χ2v) is 5.16. The lowest BCUT2D eigenvalue weighted by molar-refractivity contribution is -0.385. The molecule has 2 aromatic rings. The average molecular weight is 307 g/mol. The number of hydrogen-bond donors (Lipinski definition) is 1. The predicted molar refractivity (Wildman–Crippen MR) is 76.5 cm³/mol. The van der Waals surface area contributed by atoms with Gasteiger partial charge < -0.3 is 9.72 Å². The molecule has 0 atom stereocenters. The Morgan fingerprint density at radius 2 is 2.29 bits per heavy atom. The Bertz CT molecular complexity index is 684. The standard InChI is InChI=1S/C13H13N3O4S/c1-3-8-7-14-13(15-8)21-9-4-5-11(16(18)19)10(6-9)12(17)20-2/h4-7H,3H2,1-2H3,(H,14,15). The highest BCUT2D eigenvalue weighted by Crippen LogP contribution is 2.30. The zero-order valence-electron chi connectivity index (χ0n) is 11.5. The first-order valence-corrected chi connectivity index (χ1v) is 6.95. The number of aromatic nitrogens is 2. The normalized spacial score (nSPS) is 10.4. The molecule has 0 amide bonds. The topological polar surface area (TPSA) is 98.1 Å². The van der Waals surface area contributed by atoms with Crippen LogP contribution in [0, 0.1) is 10.1 Å². The van der Waals surface area contributed by atoms with Gasteiger partial charge in [0.25, 0.3) is 5.69 Å². The molecule has 1 aromatic heterocycles. The minimum atomic E-state index is -0.738. The summed E-state index contributed by atoms with van der Waals surface area (Å²) in [7, 11) is 1.19. The van der Waals surface area contributed by atoms with E-state index in [0.29, 0.717) is 10.1 Å². The van der Waals surface area contributed by atoms with Crippen LogP contribution in [0.15, 0.2) is 34.4 Å². The molecule has 0 radical (unpaired) electrons. The Kier molecular flexibility index (Phi) is 4.59. The van der Waals surface area contributed by atoms with Crippen molar-refractivity contribution in [2.24, 2.45) is 0 Å². The first-order valence-electron chi connectivity index (χ1n) is 6.13. The molecule has 1 N–H and O–H groups in total. The summed E-state index contributed by atoms with van der Waals surface area (Å²) in [5, 5.41) is 11.6. The van der Waals surface area contributed by atoms with Gasteiger partial charge in [-0.1, -0.05) is 18.7 Å². The first-order chi connectivity index (χ1) is 10.0. The van der Waals surface area contributed by atoms with E-state index in [0.717, 1.165) is 12.1 Å². The van der Waals surface area contributed by atoms with E-state index >= 15 is 0 Å². The second-order valence-electron chi connectivity index (χ2n) is 4.10. The van der Waals surface area contributed by atoms with Crippen LogP contribution in [-0.2, 0) is 11.2 Å². The van der Waals surface area contributed by atoms with Crippen molar-refractivity contribution in [2.75, 3.05) is 7.11 Å². The van der Waals surface area contributed by atoms with Gasteiger partial charge >= 0.3 is 5.97 Å². The molecule has 1 heterocycles. The van der Waals surface area contributed by atoms with Gasteiger partial charge in [-0.3, -0.25) is 10.1 Å². The third-order valence-electron chi connectivity index (χ3n) is 2.77. The van der Waals surface area contributed by atoms with E-state index in [-0.39, 0.29) is 11.3 Å². The van der Waals surface area contributed by atoms with Gasteiger partial charge in [-0.25, -0.2) is 9.78 Å². The number of nitro groups is 1. The summed E-state index contributed by atoms with van der Waals surface area (Å²) in [6.07, 6.45) is 2.57. The zero-order valence-corrected chi connectivity index (χ0v) is 12.3. The largest absolute Gasteiger partial charge is 0.465 e. The molecule has 0 aliphatic rings. The molecule has 8 heteroatoms. The number of benzene rings is 1. The number of nitro benzene ring substituents is 1. The van der Waals surface area contributed by atoms with Crippen molar-refractivity contribution in [3.05, 3.63) is 45.8 Å². The summed E-state index contributed by atoms with van der Waals surface area (Å²) in [4.78, 5) is 29.9. The Labute approximate surface area is 124 Å². The van der Waals surface area contributed by atoms with E-state index in [1.807, 2.05) is 6.92 Å². The maximum absolute atomic E-state index is 11.6. The van der Waals surface area contributed by atoms with Crippen molar-refractivity contribution in [3.63, 3.8) is 0 Å². The van der Waals surface area contributed by atoms with Crippen molar-refractivity contribution >= 4 is 23.4 Å². The molecule has 0 aliphatic heterocycles. The second kappa shape index (κ2) is 6.40. The SMILES string of the molecule is CCc1cnc(Sc2ccc([N+](=O)[O-])c(C(=O)OC)c2)[nH]1. The number of nitrogens with one attached hydrogen (secondary N) is 1. The zero-order chi connectivity index (χ0) is 15.4. The van der Waals surface area contributed by atoms with Crippen LogP contribution in [0.3, 0.4) is 0 Å². The molecular formula is C13H13N3O4S. The number of carbonyl (C=O) groups is 1. The van der Waals surface area contributed by atoms with Gasteiger partial charge in [0.05, 0.1) is 12.0 Å². The van der Waals surface area contributed by atoms with Crippen LogP contribution in [0.1, 0.15) is 23.0 Å². The number of ether oxygens (including phenoxy) is 1. The van der Waals surface area contributed by atoms with E-state index in [2.05, 4.69) is 14.7 Å². The molecule has 0 saturated heterocycles. The molecule has 21 heavy (non-hydrogen) atoms. The maximum Gasteiger partial charge on any atom is 0.344 e. The quantitative estimate of drug-likeness (QED) is 0.518. The van der Waals surface area contributed by atoms with Crippen molar-refractivity contribution in [3.8, 4) is 0 Å². The molecule has 1 aromatic carbocycles. The number of methoxy groups -OCH3 is 1. The lowest BCUT2D eigenvalue weighted by atomic mass is 10.2. The maximum atomic E-state index is 11.6. The summed E-state index contributed by atoms with van der Waals surface area (Å²) < 4.78 is 4.58. The molecule has 0 aliphatic carbocycles. The molecule has 0 saturated carbocycles. The number of aromatic amines is 1. The summed E-state index contributed by atoms with van der Waals surface area (Å²) in [5.74, 6) is -0.738. The van der Waals surface area contributed by atoms with Gasteiger partial charge in [0, 0.05) is 22.9 Å². The highest BCUT2D eigenvalue weighted by atomic mass is 32.2. The number of imidazole rings is 1. The number of carbonyl (C=O) groups excluding carboxylic acids is 1. The first kappa shape index (κ1) is 15.0. The fourth-order valence-electron chi connectivity index (χ4n) is 1.69. The Hall–Kier alpha value is -2.35. The van der Waals surface area contributed by atoms with Crippen LogP contribution in [0.4, 0.5) is 5.69 Å². The Morgan fingerprint density at radius 3 is 2.86 bits per heavy atom. The minimum absolute atomic E-state index is 0.0743. The van der Waals surface area contributed by atoms with E-state index in [1.165, 1.54) is 31.0 Å². The highest BCUT2D eigenvalue weighted by molar-refractivity contribution is 7.99. The monoisotopic (exact) mass is 307 g/mol. The molecule has 0 bridgehead atoms. The molecular weight excluding hydrogens is 294 g/mol. The molecule has 0 fully saturated rings. The fourth-order valence-corrected chi connectivity index (χ4v) is 2.52. The van der Waals surface area contributed by atoms with Crippen LogP contribution in [0.25, 0.3) is 0 Å². The molecule has 0 unspecified atom stereocenters. The summed E-state index contributed by atoms with van der Waals surface area (Å²) in [5.41, 5.74) is 0.641. The molecule has 2 rings (SSSR count). The highest BCUT2D eigenvalue weighted by Gasteiger charge is 2.21. The van der Waals surface area contributed by atoms with Gasteiger partial charge in [-0.15, -0.1) is 0 Å². The van der Waals surface area contributed by atoms with E-state index in [1.54, 1.807) is 12.3 Å². The van der Waals surface area contributed by atoms with Gasteiger partial charge in [-0.05, 0) is 18.6 Å². The van der Waals surface area contributed by atoms with Crippen LogP contribution < -0.4 is 0 Å².